The first-order valence-electron chi connectivity index (χ1n) is 4.60. The molecule has 0 fully saturated rings. The van der Waals surface area contributed by atoms with Crippen LogP contribution in [0, 0.1) is 0 Å². The summed E-state index contributed by atoms with van der Waals surface area (Å²) in [6.07, 6.45) is 0.461. The van der Waals surface area contributed by atoms with Gasteiger partial charge in [-0.25, -0.2) is 0 Å². The van der Waals surface area contributed by atoms with Gasteiger partial charge in [-0.05, 0) is 41.5 Å². The van der Waals surface area contributed by atoms with Crippen LogP contribution in [0.4, 0.5) is 0 Å². The van der Waals surface area contributed by atoms with Crippen LogP contribution >= 0.6 is 0 Å². The quantitative estimate of drug-likeness (QED) is 0.652. The van der Waals surface area contributed by atoms with E-state index in [0.717, 1.165) is 0 Å². The average Bonchev–Trinajstić information content (AvgIpc) is 1.79. The number of rotatable bonds is 4. The van der Waals surface area contributed by atoms with Crippen LogP contribution in [0.5, 0.6) is 0 Å². The Bertz CT molecular complexity index is 113. The van der Waals surface area contributed by atoms with Gasteiger partial charge in [-0.3, -0.25) is 0 Å². The van der Waals surface area contributed by atoms with Crippen LogP contribution in [0.25, 0.3) is 0 Å². The van der Waals surface area contributed by atoms with Crippen LogP contribution in [-0.4, -0.2) is 24.4 Å². The zero-order valence-corrected chi connectivity index (χ0v) is 9.18. The van der Waals surface area contributed by atoms with E-state index in [-0.39, 0.29) is 17.8 Å². The SMILES string of the molecule is CC(C)OC[C@@H](C)OC(C)(C)C. The molecule has 0 aliphatic carbocycles. The fourth-order valence-corrected chi connectivity index (χ4v) is 0.966. The molecule has 0 bridgehead atoms. The van der Waals surface area contributed by atoms with Crippen LogP contribution in [0.3, 0.4) is 0 Å². The van der Waals surface area contributed by atoms with Gasteiger partial charge in [0.2, 0.25) is 0 Å². The van der Waals surface area contributed by atoms with Crippen molar-refractivity contribution in [3.05, 3.63) is 0 Å². The van der Waals surface area contributed by atoms with Crippen LogP contribution in [0.1, 0.15) is 41.5 Å². The van der Waals surface area contributed by atoms with Gasteiger partial charge in [0.25, 0.3) is 0 Å². The molecule has 0 saturated carbocycles. The van der Waals surface area contributed by atoms with Crippen molar-refractivity contribution in [3.63, 3.8) is 0 Å². The van der Waals surface area contributed by atoms with E-state index in [0.29, 0.717) is 6.61 Å². The standard InChI is InChI=1S/C10H22O2/c1-8(2)11-7-9(3)12-10(4,5)6/h8-9H,7H2,1-6H3/t9-/m1/s1. The van der Waals surface area contributed by atoms with Crippen LogP contribution < -0.4 is 0 Å². The van der Waals surface area contributed by atoms with Crippen molar-refractivity contribution in [2.45, 2.75) is 59.4 Å². The third-order valence-corrected chi connectivity index (χ3v) is 1.22. The second-order valence-corrected chi connectivity index (χ2v) is 4.42. The first-order valence-corrected chi connectivity index (χ1v) is 4.60. The number of hydrogen-bond donors (Lipinski definition) is 0. The van der Waals surface area contributed by atoms with E-state index in [2.05, 4.69) is 20.8 Å². The van der Waals surface area contributed by atoms with Crippen LogP contribution in [0.2, 0.25) is 0 Å². The highest BCUT2D eigenvalue weighted by Crippen LogP contribution is 2.10. The third kappa shape index (κ3) is 8.02. The monoisotopic (exact) mass is 174 g/mol. The van der Waals surface area contributed by atoms with Crippen molar-refractivity contribution in [1.82, 2.24) is 0 Å². The first-order chi connectivity index (χ1) is 5.31. The summed E-state index contributed by atoms with van der Waals surface area (Å²) >= 11 is 0. The van der Waals surface area contributed by atoms with Crippen molar-refractivity contribution in [3.8, 4) is 0 Å². The first kappa shape index (κ1) is 11.9. The van der Waals surface area contributed by atoms with Gasteiger partial charge in [0.1, 0.15) is 0 Å². The summed E-state index contributed by atoms with van der Waals surface area (Å²) in [6, 6.07) is 0. The summed E-state index contributed by atoms with van der Waals surface area (Å²) in [5, 5.41) is 0. The van der Waals surface area contributed by atoms with E-state index in [1.54, 1.807) is 0 Å². The molecule has 0 N–H and O–H groups in total. The third-order valence-electron chi connectivity index (χ3n) is 1.22. The lowest BCUT2D eigenvalue weighted by atomic mass is 10.2. The second-order valence-electron chi connectivity index (χ2n) is 4.42. The minimum absolute atomic E-state index is 0.0697. The van der Waals surface area contributed by atoms with Crippen LogP contribution in [0.15, 0.2) is 0 Å². The van der Waals surface area contributed by atoms with E-state index in [4.69, 9.17) is 9.47 Å². The Morgan fingerprint density at radius 1 is 1.08 bits per heavy atom. The minimum Gasteiger partial charge on any atom is -0.376 e. The highest BCUT2D eigenvalue weighted by Gasteiger charge is 2.15. The highest BCUT2D eigenvalue weighted by molar-refractivity contribution is 4.62. The fraction of sp³-hybridized carbons (Fsp3) is 1.00. The Balaban J connectivity index is 3.53. The van der Waals surface area contributed by atoms with E-state index in [1.807, 2.05) is 20.8 Å². The topological polar surface area (TPSA) is 18.5 Å². The van der Waals surface area contributed by atoms with E-state index in [9.17, 15) is 0 Å². The lowest BCUT2D eigenvalue weighted by molar-refractivity contribution is -0.0925. The Morgan fingerprint density at radius 2 is 1.58 bits per heavy atom. The van der Waals surface area contributed by atoms with Crippen molar-refractivity contribution in [2.75, 3.05) is 6.61 Å². The molecule has 0 aromatic rings. The predicted molar refractivity (Wildman–Crippen MR) is 51.4 cm³/mol. The molecule has 0 radical (unpaired) electrons. The molecular weight excluding hydrogens is 152 g/mol. The molecule has 0 rings (SSSR count). The number of ether oxygens (including phenoxy) is 2. The van der Waals surface area contributed by atoms with Gasteiger partial charge >= 0.3 is 0 Å². The molecule has 0 spiro atoms. The molecule has 2 heteroatoms. The summed E-state index contributed by atoms with van der Waals surface area (Å²) in [5.74, 6) is 0. The van der Waals surface area contributed by atoms with Gasteiger partial charge in [-0.1, -0.05) is 0 Å². The zero-order valence-electron chi connectivity index (χ0n) is 9.18. The molecule has 0 aromatic heterocycles. The van der Waals surface area contributed by atoms with Crippen molar-refractivity contribution >= 4 is 0 Å². The van der Waals surface area contributed by atoms with Gasteiger partial charge in [0.15, 0.2) is 0 Å². The molecule has 74 valence electrons. The van der Waals surface area contributed by atoms with Crippen molar-refractivity contribution in [1.29, 1.82) is 0 Å². The summed E-state index contributed by atoms with van der Waals surface area (Å²) < 4.78 is 11.1. The van der Waals surface area contributed by atoms with Gasteiger partial charge in [-0.2, -0.15) is 0 Å². The van der Waals surface area contributed by atoms with E-state index < -0.39 is 0 Å². The molecule has 0 aromatic carbocycles. The summed E-state index contributed by atoms with van der Waals surface area (Å²) in [7, 11) is 0. The Labute approximate surface area is 76.3 Å². The van der Waals surface area contributed by atoms with Crippen molar-refractivity contribution < 1.29 is 9.47 Å². The Kier molecular flexibility index (Phi) is 4.80. The summed E-state index contributed by atoms with van der Waals surface area (Å²) in [5.41, 5.74) is -0.0697. The molecule has 0 saturated heterocycles. The molecule has 0 aliphatic heterocycles. The second kappa shape index (κ2) is 4.83. The molecule has 0 amide bonds. The largest absolute Gasteiger partial charge is 0.376 e. The fourth-order valence-electron chi connectivity index (χ4n) is 0.966. The lowest BCUT2D eigenvalue weighted by Crippen LogP contribution is -2.29. The molecule has 0 aliphatic rings. The highest BCUT2D eigenvalue weighted by atomic mass is 16.5. The van der Waals surface area contributed by atoms with Gasteiger partial charge in [0.05, 0.1) is 24.4 Å². The maximum atomic E-state index is 5.66. The molecule has 0 unspecified atom stereocenters. The van der Waals surface area contributed by atoms with Gasteiger partial charge in [0, 0.05) is 0 Å². The maximum Gasteiger partial charge on any atom is 0.0787 e. The average molecular weight is 174 g/mol. The maximum absolute atomic E-state index is 5.66. The zero-order chi connectivity index (χ0) is 9.78. The summed E-state index contributed by atoms with van der Waals surface area (Å²) in [6.45, 7) is 12.9. The van der Waals surface area contributed by atoms with Crippen LogP contribution in [-0.2, 0) is 9.47 Å². The predicted octanol–water partition coefficient (Wildman–Crippen LogP) is 2.62. The molecule has 12 heavy (non-hydrogen) atoms. The van der Waals surface area contributed by atoms with E-state index >= 15 is 0 Å². The molecule has 1 atom stereocenters. The van der Waals surface area contributed by atoms with Gasteiger partial charge in [-0.15, -0.1) is 0 Å². The Morgan fingerprint density at radius 3 is 1.92 bits per heavy atom. The lowest BCUT2D eigenvalue weighted by Gasteiger charge is -2.25. The normalized spacial score (nSPS) is 15.2. The van der Waals surface area contributed by atoms with Crippen molar-refractivity contribution in [2.24, 2.45) is 0 Å². The Hall–Kier alpha value is -0.0800. The molecule has 2 nitrogen and oxygen atoms in total. The minimum atomic E-state index is -0.0697. The molecular formula is C10H22O2. The molecule has 0 heterocycles. The van der Waals surface area contributed by atoms with Gasteiger partial charge < -0.3 is 9.47 Å². The van der Waals surface area contributed by atoms with E-state index in [1.165, 1.54) is 0 Å². The number of hydrogen-bond acceptors (Lipinski definition) is 2. The smallest absolute Gasteiger partial charge is 0.0787 e. The summed E-state index contributed by atoms with van der Waals surface area (Å²) in [4.78, 5) is 0.